The Bertz CT molecular complexity index is 1150. The summed E-state index contributed by atoms with van der Waals surface area (Å²) in [4.78, 5) is 14.6. The monoisotopic (exact) mass is 436 g/mol. The van der Waals surface area contributed by atoms with E-state index in [1.807, 2.05) is 0 Å². The predicted molar refractivity (Wildman–Crippen MR) is 102 cm³/mol. The lowest BCUT2D eigenvalue weighted by Crippen LogP contribution is -2.31. The van der Waals surface area contributed by atoms with Gasteiger partial charge in [0.2, 0.25) is 0 Å². The quantitative estimate of drug-likeness (QED) is 0.626. The SMILES string of the molecule is O=C(O)c1ccc(S(=O)(=O)N(Cc2ccccc2)c2cc(C(F)(F)F)ccn2)cc1. The van der Waals surface area contributed by atoms with Gasteiger partial charge in [-0.05, 0) is 42.0 Å². The average molecular weight is 436 g/mol. The third-order valence-corrected chi connectivity index (χ3v) is 5.95. The van der Waals surface area contributed by atoms with Crippen molar-refractivity contribution >= 4 is 21.8 Å². The van der Waals surface area contributed by atoms with Crippen LogP contribution in [-0.2, 0) is 22.7 Å². The van der Waals surface area contributed by atoms with Crippen molar-refractivity contribution in [2.45, 2.75) is 17.6 Å². The highest BCUT2D eigenvalue weighted by atomic mass is 32.2. The van der Waals surface area contributed by atoms with Gasteiger partial charge in [0.15, 0.2) is 0 Å². The predicted octanol–water partition coefficient (Wildman–Crippen LogP) is 4.19. The molecule has 6 nitrogen and oxygen atoms in total. The molecule has 3 rings (SSSR count). The van der Waals surface area contributed by atoms with Gasteiger partial charge < -0.3 is 5.11 Å². The summed E-state index contributed by atoms with van der Waals surface area (Å²) >= 11 is 0. The van der Waals surface area contributed by atoms with Crippen LogP contribution in [0.4, 0.5) is 19.0 Å². The van der Waals surface area contributed by atoms with Gasteiger partial charge in [0.25, 0.3) is 10.0 Å². The molecule has 0 aliphatic carbocycles. The van der Waals surface area contributed by atoms with Gasteiger partial charge in [-0.3, -0.25) is 0 Å². The lowest BCUT2D eigenvalue weighted by atomic mass is 10.2. The second-order valence-corrected chi connectivity index (χ2v) is 8.09. The fourth-order valence-electron chi connectivity index (χ4n) is 2.67. The number of carboxylic acids is 1. The number of rotatable bonds is 6. The number of sulfonamides is 1. The minimum absolute atomic E-state index is 0.124. The van der Waals surface area contributed by atoms with Gasteiger partial charge in [-0.25, -0.2) is 22.5 Å². The summed E-state index contributed by atoms with van der Waals surface area (Å²) in [5.41, 5.74) is -0.634. The minimum atomic E-state index is -4.68. The number of alkyl halides is 3. The summed E-state index contributed by atoms with van der Waals surface area (Å²) in [7, 11) is -4.35. The molecule has 3 aromatic rings. The van der Waals surface area contributed by atoms with Crippen LogP contribution >= 0.6 is 0 Å². The molecule has 1 heterocycles. The molecule has 10 heteroatoms. The van der Waals surface area contributed by atoms with Gasteiger partial charge >= 0.3 is 12.1 Å². The Morgan fingerprint density at radius 3 is 2.20 bits per heavy atom. The summed E-state index contributed by atoms with van der Waals surface area (Å²) in [6.07, 6.45) is -3.79. The Morgan fingerprint density at radius 2 is 1.63 bits per heavy atom. The molecule has 30 heavy (non-hydrogen) atoms. The summed E-state index contributed by atoms with van der Waals surface area (Å²) in [6.45, 7) is -0.266. The molecular formula is C20H15F3N2O4S. The van der Waals surface area contributed by atoms with E-state index in [1.54, 1.807) is 30.3 Å². The number of carbonyl (C=O) groups is 1. The maximum atomic E-state index is 13.2. The molecule has 0 bridgehead atoms. The van der Waals surface area contributed by atoms with Crippen molar-refractivity contribution in [3.05, 3.63) is 89.6 Å². The molecule has 156 valence electrons. The second-order valence-electron chi connectivity index (χ2n) is 6.23. The lowest BCUT2D eigenvalue weighted by Gasteiger charge is -2.24. The van der Waals surface area contributed by atoms with E-state index in [0.717, 1.165) is 40.8 Å². The first-order valence-corrected chi connectivity index (χ1v) is 9.96. The van der Waals surface area contributed by atoms with Crippen LogP contribution in [0.1, 0.15) is 21.5 Å². The van der Waals surface area contributed by atoms with E-state index < -0.39 is 33.6 Å². The molecule has 2 aromatic carbocycles. The van der Waals surface area contributed by atoms with E-state index in [2.05, 4.69) is 4.98 Å². The van der Waals surface area contributed by atoms with E-state index in [0.29, 0.717) is 11.6 Å². The summed E-state index contributed by atoms with van der Waals surface area (Å²) in [5, 5.41) is 8.99. The Morgan fingerprint density at radius 1 is 1.00 bits per heavy atom. The number of pyridine rings is 1. The maximum absolute atomic E-state index is 13.2. The third kappa shape index (κ3) is 4.60. The molecule has 0 saturated carbocycles. The van der Waals surface area contributed by atoms with Crippen molar-refractivity contribution in [2.24, 2.45) is 0 Å². The highest BCUT2D eigenvalue weighted by molar-refractivity contribution is 7.92. The normalized spacial score (nSPS) is 11.8. The van der Waals surface area contributed by atoms with Crippen LogP contribution in [0.25, 0.3) is 0 Å². The van der Waals surface area contributed by atoms with E-state index in [9.17, 15) is 26.4 Å². The molecule has 0 spiro atoms. The van der Waals surface area contributed by atoms with Crippen molar-refractivity contribution in [1.29, 1.82) is 0 Å². The minimum Gasteiger partial charge on any atom is -0.478 e. The van der Waals surface area contributed by atoms with Crippen LogP contribution in [0.5, 0.6) is 0 Å². The standard InChI is InChI=1S/C20H15F3N2O4S/c21-20(22,23)16-10-11-24-18(12-16)25(13-14-4-2-1-3-5-14)30(28,29)17-8-6-15(7-9-17)19(26)27/h1-12H,13H2,(H,26,27). The fourth-order valence-corrected chi connectivity index (χ4v) is 4.07. The Hall–Kier alpha value is -3.40. The van der Waals surface area contributed by atoms with Crippen molar-refractivity contribution in [3.63, 3.8) is 0 Å². The van der Waals surface area contributed by atoms with E-state index >= 15 is 0 Å². The zero-order chi connectivity index (χ0) is 21.9. The maximum Gasteiger partial charge on any atom is 0.416 e. The zero-order valence-electron chi connectivity index (χ0n) is 15.2. The molecule has 0 saturated heterocycles. The number of hydrogen-bond donors (Lipinski definition) is 1. The molecule has 0 aliphatic rings. The molecular weight excluding hydrogens is 421 g/mol. The average Bonchev–Trinajstić information content (AvgIpc) is 2.72. The largest absolute Gasteiger partial charge is 0.478 e. The fraction of sp³-hybridized carbons (Fsp3) is 0.100. The van der Waals surface area contributed by atoms with Gasteiger partial charge in [0.05, 0.1) is 22.6 Å². The first kappa shape index (κ1) is 21.3. The number of nitrogens with zero attached hydrogens (tertiary/aromatic N) is 2. The summed E-state index contributed by atoms with van der Waals surface area (Å²) in [5.74, 6) is -1.64. The first-order chi connectivity index (χ1) is 14.1. The van der Waals surface area contributed by atoms with Crippen molar-refractivity contribution < 1.29 is 31.5 Å². The summed E-state index contributed by atoms with van der Waals surface area (Å²) in [6, 6.07) is 14.1. The number of anilines is 1. The molecule has 1 N–H and O–H groups in total. The number of benzene rings is 2. The number of carboxylic acid groups (broad SMARTS) is 1. The Labute approximate surface area is 170 Å². The van der Waals surface area contributed by atoms with Crippen LogP contribution in [0, 0.1) is 0 Å². The van der Waals surface area contributed by atoms with Crippen LogP contribution in [-0.4, -0.2) is 24.5 Å². The van der Waals surface area contributed by atoms with Crippen molar-refractivity contribution in [2.75, 3.05) is 4.31 Å². The van der Waals surface area contributed by atoms with E-state index in [4.69, 9.17) is 5.11 Å². The second kappa shape index (κ2) is 8.15. The zero-order valence-corrected chi connectivity index (χ0v) is 16.1. The highest BCUT2D eigenvalue weighted by Gasteiger charge is 2.33. The molecule has 0 fully saturated rings. The van der Waals surface area contributed by atoms with Crippen LogP contribution in [0.15, 0.2) is 77.8 Å². The van der Waals surface area contributed by atoms with Gasteiger partial charge in [-0.15, -0.1) is 0 Å². The number of aromatic nitrogens is 1. The van der Waals surface area contributed by atoms with Crippen LogP contribution < -0.4 is 4.31 Å². The Balaban J connectivity index is 2.10. The van der Waals surface area contributed by atoms with Gasteiger partial charge in [-0.2, -0.15) is 13.2 Å². The van der Waals surface area contributed by atoms with Gasteiger partial charge in [0, 0.05) is 6.20 Å². The lowest BCUT2D eigenvalue weighted by molar-refractivity contribution is -0.137. The van der Waals surface area contributed by atoms with Gasteiger partial charge in [-0.1, -0.05) is 30.3 Å². The third-order valence-electron chi connectivity index (χ3n) is 4.19. The molecule has 0 amide bonds. The molecule has 1 aromatic heterocycles. The number of aromatic carboxylic acids is 1. The molecule has 0 atom stereocenters. The van der Waals surface area contributed by atoms with Crippen molar-refractivity contribution in [1.82, 2.24) is 4.98 Å². The van der Waals surface area contributed by atoms with E-state index in [1.165, 1.54) is 0 Å². The molecule has 0 aliphatic heterocycles. The molecule has 0 unspecified atom stereocenters. The Kier molecular flexibility index (Phi) is 5.79. The summed E-state index contributed by atoms with van der Waals surface area (Å²) < 4.78 is 66.7. The van der Waals surface area contributed by atoms with Crippen molar-refractivity contribution in [3.8, 4) is 0 Å². The first-order valence-electron chi connectivity index (χ1n) is 8.52. The topological polar surface area (TPSA) is 87.6 Å². The van der Waals surface area contributed by atoms with Crippen LogP contribution in [0.3, 0.4) is 0 Å². The highest BCUT2D eigenvalue weighted by Crippen LogP contribution is 2.32. The number of hydrogen-bond acceptors (Lipinski definition) is 4. The smallest absolute Gasteiger partial charge is 0.416 e. The van der Waals surface area contributed by atoms with E-state index in [-0.39, 0.29) is 17.0 Å². The van der Waals surface area contributed by atoms with Crippen LogP contribution in [0.2, 0.25) is 0 Å². The molecule has 0 radical (unpaired) electrons. The van der Waals surface area contributed by atoms with Gasteiger partial charge in [0.1, 0.15) is 5.82 Å². The number of halogens is 3.